The molecular weight excluding hydrogens is 364 g/mol. The Morgan fingerprint density at radius 1 is 1.07 bits per heavy atom. The van der Waals surface area contributed by atoms with Crippen molar-refractivity contribution >= 4 is 17.9 Å². The zero-order valence-corrected chi connectivity index (χ0v) is 17.1. The number of hydrogen-bond acceptors (Lipinski definition) is 5. The molecule has 2 aromatic carbocycles. The predicted molar refractivity (Wildman–Crippen MR) is 115 cm³/mol. The van der Waals surface area contributed by atoms with Crippen molar-refractivity contribution in [3.63, 3.8) is 0 Å². The standard InChI is InChI=1S/C24H30N2O3/c1-29-23(28)24(26(16-8-20-27)22-11-6-3-7-12-22)14-18-25(19-15-24)17-13-21-9-4-2-5-10-21/h2-7,9-12,20H,8,13-19H2,1H3. The van der Waals surface area contributed by atoms with Gasteiger partial charge in [-0.3, -0.25) is 0 Å². The normalized spacial score (nSPS) is 16.2. The van der Waals surface area contributed by atoms with E-state index in [4.69, 9.17) is 4.74 Å². The van der Waals surface area contributed by atoms with E-state index in [2.05, 4.69) is 34.1 Å². The Labute approximate surface area is 173 Å². The van der Waals surface area contributed by atoms with Gasteiger partial charge in [0.05, 0.1) is 7.11 Å². The predicted octanol–water partition coefficient (Wildman–Crippen LogP) is 3.33. The summed E-state index contributed by atoms with van der Waals surface area (Å²) >= 11 is 0. The molecule has 5 heteroatoms. The lowest BCUT2D eigenvalue weighted by Crippen LogP contribution is -2.61. The molecule has 0 amide bonds. The monoisotopic (exact) mass is 394 g/mol. The van der Waals surface area contributed by atoms with Crippen LogP contribution >= 0.6 is 0 Å². The first-order chi connectivity index (χ1) is 14.2. The Balaban J connectivity index is 1.75. The first-order valence-electron chi connectivity index (χ1n) is 10.3. The Morgan fingerprint density at radius 2 is 1.69 bits per heavy atom. The van der Waals surface area contributed by atoms with Gasteiger partial charge in [-0.1, -0.05) is 48.5 Å². The summed E-state index contributed by atoms with van der Waals surface area (Å²) in [5.41, 5.74) is 1.55. The molecule has 0 unspecified atom stereocenters. The van der Waals surface area contributed by atoms with Gasteiger partial charge in [-0.15, -0.1) is 0 Å². The van der Waals surface area contributed by atoms with Crippen LogP contribution in [0.1, 0.15) is 24.8 Å². The molecule has 1 saturated heterocycles. The number of aldehydes is 1. The third-order valence-corrected chi connectivity index (χ3v) is 5.86. The maximum Gasteiger partial charge on any atom is 0.331 e. The first-order valence-corrected chi connectivity index (χ1v) is 10.3. The molecule has 1 fully saturated rings. The van der Waals surface area contributed by atoms with Crippen molar-refractivity contribution in [2.75, 3.05) is 38.2 Å². The summed E-state index contributed by atoms with van der Waals surface area (Å²) in [6.07, 6.45) is 3.66. The second-order valence-electron chi connectivity index (χ2n) is 7.54. The number of para-hydroxylation sites is 1. The smallest absolute Gasteiger partial charge is 0.331 e. The number of ether oxygens (including phenoxy) is 1. The molecule has 0 saturated carbocycles. The topological polar surface area (TPSA) is 49.9 Å². The van der Waals surface area contributed by atoms with Crippen LogP contribution in [-0.2, 0) is 20.7 Å². The van der Waals surface area contributed by atoms with E-state index in [1.165, 1.54) is 12.7 Å². The molecule has 5 nitrogen and oxygen atoms in total. The highest BCUT2D eigenvalue weighted by atomic mass is 16.5. The summed E-state index contributed by atoms with van der Waals surface area (Å²) in [4.78, 5) is 28.6. The Hall–Kier alpha value is -2.66. The summed E-state index contributed by atoms with van der Waals surface area (Å²) in [7, 11) is 1.45. The van der Waals surface area contributed by atoms with Crippen LogP contribution in [-0.4, -0.2) is 56.0 Å². The third kappa shape index (κ3) is 5.04. The highest BCUT2D eigenvalue weighted by Crippen LogP contribution is 2.34. The lowest BCUT2D eigenvalue weighted by molar-refractivity contribution is -0.149. The summed E-state index contributed by atoms with van der Waals surface area (Å²) in [6, 6.07) is 20.3. The number of carbonyl (C=O) groups is 2. The van der Waals surface area contributed by atoms with Gasteiger partial charge in [-0.2, -0.15) is 0 Å². The van der Waals surface area contributed by atoms with E-state index in [1.807, 2.05) is 36.4 Å². The number of anilines is 1. The van der Waals surface area contributed by atoms with Gasteiger partial charge in [0, 0.05) is 38.3 Å². The maximum absolute atomic E-state index is 13.0. The minimum Gasteiger partial charge on any atom is -0.467 e. The number of likely N-dealkylation sites (tertiary alicyclic amines) is 1. The average molecular weight is 395 g/mol. The molecule has 29 heavy (non-hydrogen) atoms. The molecule has 1 aliphatic heterocycles. The minimum absolute atomic E-state index is 0.213. The average Bonchev–Trinajstić information content (AvgIpc) is 2.79. The summed E-state index contributed by atoms with van der Waals surface area (Å²) in [6.45, 7) is 3.13. The highest BCUT2D eigenvalue weighted by Gasteiger charge is 2.47. The molecule has 1 heterocycles. The van der Waals surface area contributed by atoms with Gasteiger partial charge in [-0.05, 0) is 37.0 Å². The van der Waals surface area contributed by atoms with Gasteiger partial charge in [0.15, 0.2) is 0 Å². The molecule has 154 valence electrons. The molecule has 0 aliphatic carbocycles. The van der Waals surface area contributed by atoms with Gasteiger partial charge in [0.2, 0.25) is 0 Å². The van der Waals surface area contributed by atoms with Crippen LogP contribution in [0.2, 0.25) is 0 Å². The number of methoxy groups -OCH3 is 1. The van der Waals surface area contributed by atoms with E-state index in [1.54, 1.807) is 0 Å². The second-order valence-corrected chi connectivity index (χ2v) is 7.54. The van der Waals surface area contributed by atoms with E-state index in [9.17, 15) is 9.59 Å². The second kappa shape index (κ2) is 10.2. The van der Waals surface area contributed by atoms with E-state index >= 15 is 0 Å². The maximum atomic E-state index is 13.0. The van der Waals surface area contributed by atoms with E-state index in [-0.39, 0.29) is 5.97 Å². The fourth-order valence-electron chi connectivity index (χ4n) is 4.23. The Morgan fingerprint density at radius 3 is 2.28 bits per heavy atom. The Bertz CT molecular complexity index is 771. The fourth-order valence-corrected chi connectivity index (χ4v) is 4.23. The van der Waals surface area contributed by atoms with E-state index < -0.39 is 5.54 Å². The van der Waals surface area contributed by atoms with Gasteiger partial charge >= 0.3 is 5.97 Å². The first kappa shape index (κ1) is 21.1. The SMILES string of the molecule is COC(=O)C1(N(CCC=O)c2ccccc2)CCN(CCc2ccccc2)CC1. The van der Waals surface area contributed by atoms with Crippen LogP contribution in [0, 0.1) is 0 Å². The lowest BCUT2D eigenvalue weighted by Gasteiger charge is -2.47. The van der Waals surface area contributed by atoms with Crippen LogP contribution in [0.25, 0.3) is 0 Å². The van der Waals surface area contributed by atoms with Gasteiger partial charge in [0.25, 0.3) is 0 Å². The van der Waals surface area contributed by atoms with Crippen molar-refractivity contribution in [1.82, 2.24) is 4.90 Å². The molecule has 0 radical (unpaired) electrons. The molecule has 3 rings (SSSR count). The summed E-state index contributed by atoms with van der Waals surface area (Å²) in [5, 5.41) is 0. The number of piperidine rings is 1. The molecular formula is C24H30N2O3. The van der Waals surface area contributed by atoms with Crippen molar-refractivity contribution in [3.05, 3.63) is 66.2 Å². The fraction of sp³-hybridized carbons (Fsp3) is 0.417. The van der Waals surface area contributed by atoms with Crippen LogP contribution in [0.4, 0.5) is 5.69 Å². The zero-order chi connectivity index (χ0) is 20.5. The van der Waals surface area contributed by atoms with Gasteiger partial charge in [-0.25, -0.2) is 4.79 Å². The summed E-state index contributed by atoms with van der Waals surface area (Å²) in [5.74, 6) is -0.213. The van der Waals surface area contributed by atoms with E-state index in [0.717, 1.165) is 38.0 Å². The molecule has 2 aromatic rings. The molecule has 0 spiro atoms. The van der Waals surface area contributed by atoms with Crippen LogP contribution < -0.4 is 4.90 Å². The molecule has 0 bridgehead atoms. The van der Waals surface area contributed by atoms with E-state index in [0.29, 0.717) is 25.8 Å². The number of hydrogen-bond donors (Lipinski definition) is 0. The number of rotatable bonds is 9. The van der Waals surface area contributed by atoms with Crippen LogP contribution in [0.15, 0.2) is 60.7 Å². The van der Waals surface area contributed by atoms with Gasteiger partial charge < -0.3 is 19.3 Å². The number of esters is 1. The Kier molecular flexibility index (Phi) is 7.42. The van der Waals surface area contributed by atoms with Crippen LogP contribution in [0.5, 0.6) is 0 Å². The number of nitrogens with zero attached hydrogens (tertiary/aromatic N) is 2. The number of carbonyl (C=O) groups excluding carboxylic acids is 2. The number of benzene rings is 2. The third-order valence-electron chi connectivity index (χ3n) is 5.86. The lowest BCUT2D eigenvalue weighted by atomic mass is 9.84. The van der Waals surface area contributed by atoms with Crippen molar-refractivity contribution in [2.45, 2.75) is 31.2 Å². The van der Waals surface area contributed by atoms with Crippen LogP contribution in [0.3, 0.4) is 0 Å². The molecule has 0 aromatic heterocycles. The largest absolute Gasteiger partial charge is 0.467 e. The minimum atomic E-state index is -0.734. The molecule has 0 atom stereocenters. The molecule has 1 aliphatic rings. The zero-order valence-electron chi connectivity index (χ0n) is 17.1. The van der Waals surface area contributed by atoms with Crippen molar-refractivity contribution < 1.29 is 14.3 Å². The van der Waals surface area contributed by atoms with Crippen molar-refractivity contribution in [1.29, 1.82) is 0 Å². The van der Waals surface area contributed by atoms with Crippen molar-refractivity contribution in [2.24, 2.45) is 0 Å². The van der Waals surface area contributed by atoms with Gasteiger partial charge in [0.1, 0.15) is 11.8 Å². The quantitative estimate of drug-likeness (QED) is 0.482. The van der Waals surface area contributed by atoms with Crippen molar-refractivity contribution in [3.8, 4) is 0 Å². The molecule has 0 N–H and O–H groups in total. The highest BCUT2D eigenvalue weighted by molar-refractivity contribution is 5.85. The summed E-state index contributed by atoms with van der Waals surface area (Å²) < 4.78 is 5.25.